The van der Waals surface area contributed by atoms with E-state index < -0.39 is 0 Å². The minimum Gasteiger partial charge on any atom is -0.493 e. The highest BCUT2D eigenvalue weighted by atomic mass is 16.5. The van der Waals surface area contributed by atoms with Crippen LogP contribution in [0.15, 0.2) is 61.2 Å². The molecule has 1 N–H and O–H groups in total. The predicted octanol–water partition coefficient (Wildman–Crippen LogP) is 2.86. The molecular formula is C21H21N3O3. The zero-order valence-electron chi connectivity index (χ0n) is 15.1. The van der Waals surface area contributed by atoms with Crippen molar-refractivity contribution in [1.29, 1.82) is 0 Å². The molecule has 1 atom stereocenters. The number of aromatic nitrogens is 2. The Morgan fingerprint density at radius 2 is 2.15 bits per heavy atom. The van der Waals surface area contributed by atoms with Gasteiger partial charge in [0.1, 0.15) is 0 Å². The van der Waals surface area contributed by atoms with Crippen molar-refractivity contribution in [3.63, 3.8) is 0 Å². The van der Waals surface area contributed by atoms with E-state index in [1.807, 2.05) is 53.2 Å². The summed E-state index contributed by atoms with van der Waals surface area (Å²) in [7, 11) is 1.64. The number of imidazole rings is 1. The van der Waals surface area contributed by atoms with Crippen LogP contribution in [0.5, 0.6) is 11.5 Å². The molecule has 138 valence electrons. The second-order valence-corrected chi connectivity index (χ2v) is 6.56. The molecule has 0 spiro atoms. The Kier molecular flexibility index (Phi) is 4.78. The molecule has 1 aromatic heterocycles. The first kappa shape index (κ1) is 17.1. The number of carbonyl (C=O) groups excluding carboxylic acids is 1. The van der Waals surface area contributed by atoms with E-state index in [2.05, 4.69) is 10.3 Å². The van der Waals surface area contributed by atoms with Gasteiger partial charge in [0.15, 0.2) is 11.5 Å². The van der Waals surface area contributed by atoms with E-state index in [4.69, 9.17) is 9.47 Å². The molecule has 3 aromatic rings. The maximum absolute atomic E-state index is 12.4. The van der Waals surface area contributed by atoms with Crippen LogP contribution >= 0.6 is 0 Å². The highest BCUT2D eigenvalue weighted by Gasteiger charge is 2.23. The largest absolute Gasteiger partial charge is 0.493 e. The number of rotatable bonds is 5. The summed E-state index contributed by atoms with van der Waals surface area (Å²) in [5.74, 6) is 1.73. The van der Waals surface area contributed by atoms with Gasteiger partial charge in [0.25, 0.3) is 5.91 Å². The molecule has 6 nitrogen and oxygen atoms in total. The molecule has 4 rings (SSSR count). The predicted molar refractivity (Wildman–Crippen MR) is 102 cm³/mol. The number of carbonyl (C=O) groups is 1. The first-order chi connectivity index (χ1) is 13.2. The molecule has 0 saturated heterocycles. The summed E-state index contributed by atoms with van der Waals surface area (Å²) in [6.07, 6.45) is 6.17. The summed E-state index contributed by atoms with van der Waals surface area (Å²) >= 11 is 0. The average Bonchev–Trinajstić information content (AvgIpc) is 3.26. The zero-order chi connectivity index (χ0) is 18.6. The molecule has 0 saturated carbocycles. The van der Waals surface area contributed by atoms with Crippen molar-refractivity contribution in [2.75, 3.05) is 20.3 Å². The van der Waals surface area contributed by atoms with Crippen molar-refractivity contribution in [2.45, 2.75) is 6.42 Å². The molecule has 2 heterocycles. The highest BCUT2D eigenvalue weighted by Crippen LogP contribution is 2.35. The second kappa shape index (κ2) is 7.53. The molecule has 1 aliphatic heterocycles. The molecule has 27 heavy (non-hydrogen) atoms. The fourth-order valence-corrected chi connectivity index (χ4v) is 3.28. The first-order valence-corrected chi connectivity index (χ1v) is 8.90. The van der Waals surface area contributed by atoms with Crippen molar-refractivity contribution in [3.05, 3.63) is 72.3 Å². The normalized spacial score (nSPS) is 15.5. The molecule has 2 aromatic carbocycles. The van der Waals surface area contributed by atoms with Crippen LogP contribution in [0.25, 0.3) is 5.69 Å². The lowest BCUT2D eigenvalue weighted by Crippen LogP contribution is -2.34. The van der Waals surface area contributed by atoms with Gasteiger partial charge >= 0.3 is 0 Å². The fourth-order valence-electron chi connectivity index (χ4n) is 3.28. The fraction of sp³-hybridized carbons (Fsp3) is 0.238. The summed E-state index contributed by atoms with van der Waals surface area (Å²) in [6.45, 7) is 1.13. The number of amides is 1. The van der Waals surface area contributed by atoms with E-state index in [0.717, 1.165) is 29.2 Å². The van der Waals surface area contributed by atoms with Crippen LogP contribution in [-0.2, 0) is 6.42 Å². The number of hydrogen-bond donors (Lipinski definition) is 1. The number of fused-ring (bicyclic) bond motifs is 1. The van der Waals surface area contributed by atoms with Gasteiger partial charge in [-0.15, -0.1) is 0 Å². The maximum Gasteiger partial charge on any atom is 0.251 e. The smallest absolute Gasteiger partial charge is 0.251 e. The van der Waals surface area contributed by atoms with Crippen molar-refractivity contribution < 1.29 is 14.3 Å². The van der Waals surface area contributed by atoms with Crippen LogP contribution in [0, 0.1) is 5.92 Å². The number of nitrogens with one attached hydrogen (secondary N) is 1. The van der Waals surface area contributed by atoms with Gasteiger partial charge in [0, 0.05) is 36.1 Å². The Morgan fingerprint density at radius 1 is 1.30 bits per heavy atom. The van der Waals surface area contributed by atoms with Gasteiger partial charge in [-0.2, -0.15) is 0 Å². The van der Waals surface area contributed by atoms with Crippen molar-refractivity contribution in [1.82, 2.24) is 14.9 Å². The SMILES string of the molecule is COc1cccc2c1OC[C@@H](CNC(=O)c1ccc(-n3ccnc3)cc1)C2. The third kappa shape index (κ3) is 3.65. The summed E-state index contributed by atoms with van der Waals surface area (Å²) in [6, 6.07) is 13.4. The zero-order valence-corrected chi connectivity index (χ0v) is 15.1. The molecule has 0 aliphatic carbocycles. The Hall–Kier alpha value is -3.28. The van der Waals surface area contributed by atoms with Gasteiger partial charge in [-0.3, -0.25) is 4.79 Å². The van der Waals surface area contributed by atoms with Gasteiger partial charge in [-0.25, -0.2) is 4.98 Å². The van der Waals surface area contributed by atoms with Crippen molar-refractivity contribution in [2.24, 2.45) is 5.92 Å². The van der Waals surface area contributed by atoms with Gasteiger partial charge in [-0.1, -0.05) is 12.1 Å². The monoisotopic (exact) mass is 363 g/mol. The Labute approximate surface area is 157 Å². The van der Waals surface area contributed by atoms with Gasteiger partial charge in [0.05, 0.1) is 20.0 Å². The summed E-state index contributed by atoms with van der Waals surface area (Å²) in [5, 5.41) is 3.01. The molecule has 1 aliphatic rings. The number of para-hydroxylation sites is 1. The summed E-state index contributed by atoms with van der Waals surface area (Å²) in [4.78, 5) is 16.5. The van der Waals surface area contributed by atoms with Crippen molar-refractivity contribution >= 4 is 5.91 Å². The number of nitrogens with zero attached hydrogens (tertiary/aromatic N) is 2. The van der Waals surface area contributed by atoms with Crippen molar-refractivity contribution in [3.8, 4) is 17.2 Å². The van der Waals surface area contributed by atoms with E-state index in [1.54, 1.807) is 19.6 Å². The molecule has 0 radical (unpaired) electrons. The molecular weight excluding hydrogens is 342 g/mol. The average molecular weight is 363 g/mol. The lowest BCUT2D eigenvalue weighted by Gasteiger charge is -2.26. The minimum absolute atomic E-state index is 0.0800. The maximum atomic E-state index is 12.4. The van der Waals surface area contributed by atoms with E-state index in [1.165, 1.54) is 0 Å². The van der Waals surface area contributed by atoms with Crippen LogP contribution < -0.4 is 14.8 Å². The lowest BCUT2D eigenvalue weighted by atomic mass is 9.96. The third-order valence-electron chi connectivity index (χ3n) is 4.74. The quantitative estimate of drug-likeness (QED) is 0.757. The highest BCUT2D eigenvalue weighted by molar-refractivity contribution is 5.94. The molecule has 1 amide bonds. The molecule has 0 bridgehead atoms. The number of methoxy groups -OCH3 is 1. The van der Waals surface area contributed by atoms with Crippen LogP contribution in [0.2, 0.25) is 0 Å². The lowest BCUT2D eigenvalue weighted by molar-refractivity contribution is 0.0938. The third-order valence-corrected chi connectivity index (χ3v) is 4.74. The van der Waals surface area contributed by atoms with Crippen LogP contribution in [0.1, 0.15) is 15.9 Å². The van der Waals surface area contributed by atoms with E-state index >= 15 is 0 Å². The topological polar surface area (TPSA) is 65.4 Å². The van der Waals surface area contributed by atoms with Crippen LogP contribution in [-0.4, -0.2) is 35.7 Å². The number of hydrogen-bond acceptors (Lipinski definition) is 4. The Balaban J connectivity index is 1.35. The first-order valence-electron chi connectivity index (χ1n) is 8.90. The summed E-state index contributed by atoms with van der Waals surface area (Å²) < 4.78 is 13.1. The second-order valence-electron chi connectivity index (χ2n) is 6.56. The van der Waals surface area contributed by atoms with E-state index in [-0.39, 0.29) is 11.8 Å². The number of benzene rings is 2. The molecule has 0 unspecified atom stereocenters. The standard InChI is InChI=1S/C21H21N3O3/c1-26-19-4-2-3-17-11-15(13-27-20(17)19)12-23-21(25)16-5-7-18(8-6-16)24-10-9-22-14-24/h2-10,14-15H,11-13H2,1H3,(H,23,25)/t15-/m1/s1. The van der Waals surface area contributed by atoms with Gasteiger partial charge in [0.2, 0.25) is 0 Å². The van der Waals surface area contributed by atoms with E-state index in [9.17, 15) is 4.79 Å². The van der Waals surface area contributed by atoms with Crippen LogP contribution in [0.3, 0.4) is 0 Å². The van der Waals surface area contributed by atoms with Gasteiger partial charge < -0.3 is 19.4 Å². The molecule has 0 fully saturated rings. The Bertz CT molecular complexity index is 920. The van der Waals surface area contributed by atoms with Gasteiger partial charge in [-0.05, 0) is 42.3 Å². The van der Waals surface area contributed by atoms with E-state index in [0.29, 0.717) is 18.7 Å². The minimum atomic E-state index is -0.0800. The van der Waals surface area contributed by atoms with Crippen LogP contribution in [0.4, 0.5) is 0 Å². The Morgan fingerprint density at radius 3 is 2.89 bits per heavy atom. The number of ether oxygens (including phenoxy) is 2. The molecule has 6 heteroatoms. The summed E-state index contributed by atoms with van der Waals surface area (Å²) in [5.41, 5.74) is 2.72.